The summed E-state index contributed by atoms with van der Waals surface area (Å²) in [7, 11) is 0. The minimum absolute atomic E-state index is 0.660. The van der Waals surface area contributed by atoms with E-state index in [1.54, 1.807) is 0 Å². The summed E-state index contributed by atoms with van der Waals surface area (Å²) < 4.78 is 0. The Bertz CT molecular complexity index is 309. The average Bonchev–Trinajstić information content (AvgIpc) is 2.56. The first kappa shape index (κ1) is 9.50. The molecule has 2 nitrogen and oxygen atoms in total. The summed E-state index contributed by atoms with van der Waals surface area (Å²) in [5, 5.41) is 3.58. The van der Waals surface area contributed by atoms with Crippen molar-refractivity contribution in [2.45, 2.75) is 39.2 Å². The molecule has 2 unspecified atom stereocenters. The van der Waals surface area contributed by atoms with Crippen LogP contribution < -0.4 is 5.32 Å². The van der Waals surface area contributed by atoms with Crippen molar-refractivity contribution in [3.63, 3.8) is 0 Å². The molecule has 1 aromatic heterocycles. The molecule has 76 valence electrons. The SMILES string of the molecule is Cc1ncccc1NC1CCC(C)C1. The van der Waals surface area contributed by atoms with Crippen LogP contribution in [-0.2, 0) is 0 Å². The van der Waals surface area contributed by atoms with Gasteiger partial charge in [-0.3, -0.25) is 4.98 Å². The Labute approximate surface area is 85.7 Å². The summed E-state index contributed by atoms with van der Waals surface area (Å²) in [4.78, 5) is 4.28. The first-order valence-electron chi connectivity index (χ1n) is 5.44. The van der Waals surface area contributed by atoms with Crippen LogP contribution in [0.3, 0.4) is 0 Å². The van der Waals surface area contributed by atoms with Gasteiger partial charge in [-0.1, -0.05) is 6.92 Å². The molecular formula is C12H18N2. The maximum Gasteiger partial charge on any atom is 0.0603 e. The number of nitrogens with one attached hydrogen (secondary N) is 1. The quantitative estimate of drug-likeness (QED) is 0.775. The van der Waals surface area contributed by atoms with Crippen LogP contribution in [0.2, 0.25) is 0 Å². The molecule has 0 saturated heterocycles. The summed E-state index contributed by atoms with van der Waals surface area (Å²) in [6, 6.07) is 4.77. The largest absolute Gasteiger partial charge is 0.381 e. The highest BCUT2D eigenvalue weighted by molar-refractivity contribution is 5.47. The normalized spacial score (nSPS) is 26.4. The molecule has 2 rings (SSSR count). The van der Waals surface area contributed by atoms with Crippen molar-refractivity contribution in [3.8, 4) is 0 Å². The number of anilines is 1. The van der Waals surface area contributed by atoms with Crippen LogP contribution in [-0.4, -0.2) is 11.0 Å². The Hall–Kier alpha value is -1.05. The fourth-order valence-corrected chi connectivity index (χ4v) is 2.19. The number of hydrogen-bond donors (Lipinski definition) is 1. The zero-order valence-corrected chi connectivity index (χ0v) is 8.96. The fourth-order valence-electron chi connectivity index (χ4n) is 2.19. The van der Waals surface area contributed by atoms with E-state index in [0.717, 1.165) is 11.6 Å². The molecule has 0 aromatic carbocycles. The van der Waals surface area contributed by atoms with E-state index in [2.05, 4.69) is 30.2 Å². The van der Waals surface area contributed by atoms with Crippen molar-refractivity contribution in [3.05, 3.63) is 24.0 Å². The van der Waals surface area contributed by atoms with Gasteiger partial charge in [0.1, 0.15) is 0 Å². The highest BCUT2D eigenvalue weighted by Crippen LogP contribution is 2.27. The standard InChI is InChI=1S/C12H18N2/c1-9-5-6-11(8-9)14-12-4-3-7-13-10(12)2/h3-4,7,9,11,14H,5-6,8H2,1-2H3. The Balaban J connectivity index is 2.01. The lowest BCUT2D eigenvalue weighted by atomic mass is 10.1. The van der Waals surface area contributed by atoms with E-state index in [-0.39, 0.29) is 0 Å². The minimum Gasteiger partial charge on any atom is -0.381 e. The summed E-state index contributed by atoms with van der Waals surface area (Å²) in [6.45, 7) is 4.39. The van der Waals surface area contributed by atoms with E-state index in [9.17, 15) is 0 Å². The van der Waals surface area contributed by atoms with E-state index < -0.39 is 0 Å². The Morgan fingerprint density at radius 1 is 1.43 bits per heavy atom. The molecule has 1 aliphatic carbocycles. The molecule has 1 fully saturated rings. The Morgan fingerprint density at radius 3 is 2.93 bits per heavy atom. The first-order valence-corrected chi connectivity index (χ1v) is 5.44. The molecular weight excluding hydrogens is 172 g/mol. The van der Waals surface area contributed by atoms with Crippen LogP contribution in [0, 0.1) is 12.8 Å². The van der Waals surface area contributed by atoms with E-state index in [0.29, 0.717) is 6.04 Å². The fraction of sp³-hybridized carbons (Fsp3) is 0.583. The van der Waals surface area contributed by atoms with Gasteiger partial charge in [0.15, 0.2) is 0 Å². The summed E-state index contributed by atoms with van der Waals surface area (Å²) >= 11 is 0. The van der Waals surface area contributed by atoms with Crippen molar-refractivity contribution in [2.75, 3.05) is 5.32 Å². The van der Waals surface area contributed by atoms with Gasteiger partial charge in [-0.05, 0) is 44.2 Å². The lowest BCUT2D eigenvalue weighted by Gasteiger charge is -2.15. The molecule has 0 spiro atoms. The smallest absolute Gasteiger partial charge is 0.0603 e. The third-order valence-corrected chi connectivity index (χ3v) is 3.06. The highest BCUT2D eigenvalue weighted by Gasteiger charge is 2.21. The van der Waals surface area contributed by atoms with Crippen LogP contribution in [0.4, 0.5) is 5.69 Å². The predicted molar refractivity (Wildman–Crippen MR) is 59.4 cm³/mol. The number of rotatable bonds is 2. The first-order chi connectivity index (χ1) is 6.75. The molecule has 1 aliphatic rings. The van der Waals surface area contributed by atoms with Crippen LogP contribution in [0.25, 0.3) is 0 Å². The monoisotopic (exact) mass is 190 g/mol. The van der Waals surface area contributed by atoms with Crippen LogP contribution >= 0.6 is 0 Å². The van der Waals surface area contributed by atoms with Gasteiger partial charge in [0, 0.05) is 12.2 Å². The molecule has 0 radical (unpaired) electrons. The summed E-state index contributed by atoms with van der Waals surface area (Å²) in [5.41, 5.74) is 2.30. The van der Waals surface area contributed by atoms with Crippen molar-refractivity contribution in [1.29, 1.82) is 0 Å². The number of pyridine rings is 1. The van der Waals surface area contributed by atoms with Gasteiger partial charge in [-0.15, -0.1) is 0 Å². The van der Waals surface area contributed by atoms with Crippen molar-refractivity contribution >= 4 is 5.69 Å². The Kier molecular flexibility index (Phi) is 2.71. The number of nitrogens with zero attached hydrogens (tertiary/aromatic N) is 1. The number of aromatic nitrogens is 1. The summed E-state index contributed by atoms with van der Waals surface area (Å²) in [5.74, 6) is 0.879. The lowest BCUT2D eigenvalue weighted by Crippen LogP contribution is -2.16. The summed E-state index contributed by atoms with van der Waals surface area (Å²) in [6.07, 6.45) is 5.80. The van der Waals surface area contributed by atoms with Crippen LogP contribution in [0.5, 0.6) is 0 Å². The Morgan fingerprint density at radius 2 is 2.29 bits per heavy atom. The average molecular weight is 190 g/mol. The van der Waals surface area contributed by atoms with Crippen molar-refractivity contribution in [1.82, 2.24) is 4.98 Å². The molecule has 0 bridgehead atoms. The molecule has 14 heavy (non-hydrogen) atoms. The van der Waals surface area contributed by atoms with Gasteiger partial charge >= 0.3 is 0 Å². The molecule has 2 heteroatoms. The van der Waals surface area contributed by atoms with Gasteiger partial charge in [0.25, 0.3) is 0 Å². The molecule has 0 aliphatic heterocycles. The van der Waals surface area contributed by atoms with Crippen molar-refractivity contribution in [2.24, 2.45) is 5.92 Å². The number of hydrogen-bond acceptors (Lipinski definition) is 2. The van der Waals surface area contributed by atoms with E-state index in [4.69, 9.17) is 0 Å². The number of aryl methyl sites for hydroxylation is 1. The molecule has 0 amide bonds. The zero-order chi connectivity index (χ0) is 9.97. The van der Waals surface area contributed by atoms with Crippen LogP contribution in [0.1, 0.15) is 31.9 Å². The maximum absolute atomic E-state index is 4.28. The van der Waals surface area contributed by atoms with Gasteiger partial charge in [0.05, 0.1) is 11.4 Å². The van der Waals surface area contributed by atoms with Gasteiger partial charge < -0.3 is 5.32 Å². The third kappa shape index (κ3) is 2.06. The molecule has 1 saturated carbocycles. The van der Waals surface area contributed by atoms with Crippen molar-refractivity contribution < 1.29 is 0 Å². The third-order valence-electron chi connectivity index (χ3n) is 3.06. The topological polar surface area (TPSA) is 24.9 Å². The second-order valence-electron chi connectivity index (χ2n) is 4.40. The second kappa shape index (κ2) is 3.99. The predicted octanol–water partition coefficient (Wildman–Crippen LogP) is 2.99. The molecule has 2 atom stereocenters. The van der Waals surface area contributed by atoms with Gasteiger partial charge in [-0.25, -0.2) is 0 Å². The minimum atomic E-state index is 0.660. The lowest BCUT2D eigenvalue weighted by molar-refractivity contribution is 0.602. The van der Waals surface area contributed by atoms with E-state index in [1.807, 2.05) is 12.3 Å². The van der Waals surface area contributed by atoms with Gasteiger partial charge in [0.2, 0.25) is 0 Å². The van der Waals surface area contributed by atoms with E-state index >= 15 is 0 Å². The molecule has 1 N–H and O–H groups in total. The molecule has 1 heterocycles. The maximum atomic E-state index is 4.28. The van der Waals surface area contributed by atoms with Gasteiger partial charge in [-0.2, -0.15) is 0 Å². The zero-order valence-electron chi connectivity index (χ0n) is 8.96. The van der Waals surface area contributed by atoms with E-state index in [1.165, 1.54) is 24.9 Å². The van der Waals surface area contributed by atoms with Crippen LogP contribution in [0.15, 0.2) is 18.3 Å². The second-order valence-corrected chi connectivity index (χ2v) is 4.40. The molecule has 1 aromatic rings. The highest BCUT2D eigenvalue weighted by atomic mass is 14.9.